The summed E-state index contributed by atoms with van der Waals surface area (Å²) in [4.78, 5) is 4.53. The number of nitrogens with zero attached hydrogens (tertiary/aromatic N) is 1. The van der Waals surface area contributed by atoms with Gasteiger partial charge in [0.05, 0.1) is 19.4 Å². The predicted molar refractivity (Wildman–Crippen MR) is 87.3 cm³/mol. The van der Waals surface area contributed by atoms with Crippen LogP contribution in [0.4, 0.5) is 0 Å². The van der Waals surface area contributed by atoms with Crippen LogP contribution in [0.3, 0.4) is 0 Å². The van der Waals surface area contributed by atoms with Crippen molar-refractivity contribution in [2.75, 3.05) is 7.11 Å². The number of hydrogen-bond donors (Lipinski definition) is 0. The van der Waals surface area contributed by atoms with E-state index in [-0.39, 0.29) is 6.10 Å². The maximum Gasteiger partial charge on any atom is 0.118 e. The number of fused-ring (bicyclic) bond motifs is 1. The first kappa shape index (κ1) is 15.3. The lowest BCUT2D eigenvalue weighted by atomic mass is 10.1. The van der Waals surface area contributed by atoms with E-state index in [4.69, 9.17) is 21.1 Å². The van der Waals surface area contributed by atoms with Gasteiger partial charge in [0.25, 0.3) is 0 Å². The molecule has 0 saturated heterocycles. The van der Waals surface area contributed by atoms with Crippen LogP contribution in [0.2, 0.25) is 5.02 Å². The quantitative estimate of drug-likeness (QED) is 0.764. The minimum absolute atomic E-state index is 0.0262. The third-order valence-electron chi connectivity index (χ3n) is 4.09. The van der Waals surface area contributed by atoms with Gasteiger partial charge in [-0.1, -0.05) is 30.2 Å². The molecule has 2 aromatic rings. The summed E-state index contributed by atoms with van der Waals surface area (Å²) in [7, 11) is 1.67. The molecule has 1 aromatic carbocycles. The highest BCUT2D eigenvalue weighted by molar-refractivity contribution is 6.31. The van der Waals surface area contributed by atoms with E-state index < -0.39 is 0 Å². The van der Waals surface area contributed by atoms with E-state index in [0.29, 0.717) is 6.61 Å². The van der Waals surface area contributed by atoms with Crippen molar-refractivity contribution in [1.82, 2.24) is 4.98 Å². The molecule has 1 atom stereocenters. The number of ether oxygens (including phenoxy) is 2. The second-order valence-corrected chi connectivity index (χ2v) is 5.96. The highest BCUT2D eigenvalue weighted by Crippen LogP contribution is 2.34. The smallest absolute Gasteiger partial charge is 0.118 e. The summed E-state index contributed by atoms with van der Waals surface area (Å²) in [6.45, 7) is 0.572. The molecular weight excluding hydrogens is 298 g/mol. The van der Waals surface area contributed by atoms with Crippen molar-refractivity contribution in [2.45, 2.75) is 38.4 Å². The molecule has 1 heterocycles. The predicted octanol–water partition coefficient (Wildman–Crippen LogP) is 4.73. The molecule has 3 rings (SSSR count). The van der Waals surface area contributed by atoms with Crippen LogP contribution in [0.5, 0.6) is 5.75 Å². The Labute approximate surface area is 136 Å². The van der Waals surface area contributed by atoms with Gasteiger partial charge in [-0.15, -0.1) is 0 Å². The number of aromatic nitrogens is 1. The SMILES string of the molecule is COc1ccc(COC2CCCCc3c(Cl)ccnc32)cc1. The lowest BCUT2D eigenvalue weighted by molar-refractivity contribution is 0.0308. The zero-order valence-corrected chi connectivity index (χ0v) is 13.5. The first-order valence-corrected chi connectivity index (χ1v) is 8.03. The van der Waals surface area contributed by atoms with Crippen LogP contribution < -0.4 is 4.74 Å². The zero-order chi connectivity index (χ0) is 15.4. The molecule has 0 amide bonds. The van der Waals surface area contributed by atoms with E-state index in [1.807, 2.05) is 30.3 Å². The average molecular weight is 318 g/mol. The maximum atomic E-state index is 6.32. The Morgan fingerprint density at radius 1 is 1.18 bits per heavy atom. The lowest BCUT2D eigenvalue weighted by Gasteiger charge is -2.18. The Hall–Kier alpha value is -1.58. The van der Waals surface area contributed by atoms with Gasteiger partial charge in [-0.2, -0.15) is 0 Å². The van der Waals surface area contributed by atoms with Gasteiger partial charge in [0.15, 0.2) is 0 Å². The Kier molecular flexibility index (Phi) is 4.96. The minimum atomic E-state index is 0.0262. The van der Waals surface area contributed by atoms with Crippen molar-refractivity contribution >= 4 is 11.6 Å². The normalized spacial score (nSPS) is 17.6. The molecule has 1 aliphatic rings. The largest absolute Gasteiger partial charge is 0.497 e. The third kappa shape index (κ3) is 3.42. The number of methoxy groups -OCH3 is 1. The number of benzene rings is 1. The van der Waals surface area contributed by atoms with Crippen LogP contribution in [0, 0.1) is 0 Å². The van der Waals surface area contributed by atoms with Gasteiger partial charge in [0.1, 0.15) is 11.9 Å². The Morgan fingerprint density at radius 2 is 2.00 bits per heavy atom. The average Bonchev–Trinajstić information content (AvgIpc) is 2.77. The molecule has 1 aliphatic carbocycles. The van der Waals surface area contributed by atoms with Gasteiger partial charge in [0.2, 0.25) is 0 Å². The monoisotopic (exact) mass is 317 g/mol. The second kappa shape index (κ2) is 7.12. The van der Waals surface area contributed by atoms with Crippen molar-refractivity contribution in [3.8, 4) is 5.75 Å². The van der Waals surface area contributed by atoms with Crippen LogP contribution in [0.15, 0.2) is 36.5 Å². The van der Waals surface area contributed by atoms with Crippen LogP contribution in [-0.2, 0) is 17.8 Å². The number of rotatable bonds is 4. The maximum absolute atomic E-state index is 6.32. The molecule has 0 bridgehead atoms. The molecule has 0 N–H and O–H groups in total. The first-order valence-electron chi connectivity index (χ1n) is 7.65. The summed E-state index contributed by atoms with van der Waals surface area (Å²) in [6.07, 6.45) is 6.07. The Bertz CT molecular complexity index is 627. The first-order chi connectivity index (χ1) is 10.8. The molecule has 3 nitrogen and oxygen atoms in total. The summed E-state index contributed by atoms with van der Waals surface area (Å²) < 4.78 is 11.3. The number of halogens is 1. The summed E-state index contributed by atoms with van der Waals surface area (Å²) in [5.74, 6) is 0.858. The van der Waals surface area contributed by atoms with E-state index in [0.717, 1.165) is 53.3 Å². The van der Waals surface area contributed by atoms with E-state index in [9.17, 15) is 0 Å². The summed E-state index contributed by atoms with van der Waals surface area (Å²) >= 11 is 6.32. The number of hydrogen-bond acceptors (Lipinski definition) is 3. The van der Waals surface area contributed by atoms with Crippen LogP contribution in [-0.4, -0.2) is 12.1 Å². The minimum Gasteiger partial charge on any atom is -0.497 e. The van der Waals surface area contributed by atoms with E-state index in [2.05, 4.69) is 4.98 Å². The lowest BCUT2D eigenvalue weighted by Crippen LogP contribution is -2.08. The topological polar surface area (TPSA) is 31.4 Å². The molecule has 0 fully saturated rings. The fourth-order valence-corrected chi connectivity index (χ4v) is 3.11. The summed E-state index contributed by atoms with van der Waals surface area (Å²) in [5, 5.41) is 0.810. The van der Waals surface area contributed by atoms with E-state index in [1.54, 1.807) is 13.3 Å². The van der Waals surface area contributed by atoms with Gasteiger partial charge < -0.3 is 9.47 Å². The van der Waals surface area contributed by atoms with Crippen LogP contribution in [0.1, 0.15) is 42.2 Å². The van der Waals surface area contributed by atoms with Gasteiger partial charge in [-0.05, 0) is 48.6 Å². The highest BCUT2D eigenvalue weighted by atomic mass is 35.5. The van der Waals surface area contributed by atoms with Gasteiger partial charge in [-0.25, -0.2) is 0 Å². The highest BCUT2D eigenvalue weighted by Gasteiger charge is 2.22. The van der Waals surface area contributed by atoms with Gasteiger partial charge >= 0.3 is 0 Å². The van der Waals surface area contributed by atoms with Crippen LogP contribution in [0.25, 0.3) is 0 Å². The molecular formula is C18H20ClNO2. The molecule has 0 spiro atoms. The molecule has 1 aromatic heterocycles. The standard InChI is InChI=1S/C18H20ClNO2/c1-21-14-8-6-13(7-9-14)12-22-17-5-3-2-4-15-16(19)10-11-20-18(15)17/h6-11,17H,2-5,12H2,1H3. The molecule has 0 aliphatic heterocycles. The molecule has 4 heteroatoms. The van der Waals surface area contributed by atoms with Crippen molar-refractivity contribution in [3.05, 3.63) is 58.4 Å². The Balaban J connectivity index is 1.73. The zero-order valence-electron chi connectivity index (χ0n) is 12.7. The molecule has 22 heavy (non-hydrogen) atoms. The van der Waals surface area contributed by atoms with Crippen molar-refractivity contribution in [3.63, 3.8) is 0 Å². The van der Waals surface area contributed by atoms with Gasteiger partial charge in [-0.3, -0.25) is 4.98 Å². The molecule has 1 unspecified atom stereocenters. The third-order valence-corrected chi connectivity index (χ3v) is 4.44. The van der Waals surface area contributed by atoms with E-state index in [1.165, 1.54) is 0 Å². The van der Waals surface area contributed by atoms with Crippen LogP contribution >= 0.6 is 11.6 Å². The Morgan fingerprint density at radius 3 is 2.77 bits per heavy atom. The summed E-state index contributed by atoms with van der Waals surface area (Å²) in [6, 6.07) is 9.83. The van der Waals surface area contributed by atoms with Gasteiger partial charge in [0, 0.05) is 11.2 Å². The van der Waals surface area contributed by atoms with Crippen molar-refractivity contribution in [1.29, 1.82) is 0 Å². The molecule has 0 radical (unpaired) electrons. The van der Waals surface area contributed by atoms with Crippen molar-refractivity contribution in [2.24, 2.45) is 0 Å². The molecule has 0 saturated carbocycles. The van der Waals surface area contributed by atoms with Crippen molar-refractivity contribution < 1.29 is 9.47 Å². The second-order valence-electron chi connectivity index (χ2n) is 5.55. The van der Waals surface area contributed by atoms with E-state index >= 15 is 0 Å². The molecule has 116 valence electrons. The fourth-order valence-electron chi connectivity index (χ4n) is 2.86. The fraction of sp³-hybridized carbons (Fsp3) is 0.389. The summed E-state index contributed by atoms with van der Waals surface area (Å²) in [5.41, 5.74) is 3.30. The number of pyridine rings is 1.